The van der Waals surface area contributed by atoms with E-state index >= 15 is 0 Å². The molecule has 3 heterocycles. The summed E-state index contributed by atoms with van der Waals surface area (Å²) in [5.41, 5.74) is 1.86. The van der Waals surface area contributed by atoms with Crippen LogP contribution in [0.5, 0.6) is 5.75 Å². The van der Waals surface area contributed by atoms with Crippen LogP contribution in [0.15, 0.2) is 60.6 Å². The molecule has 0 atom stereocenters. The molecule has 0 saturated heterocycles. The number of carbonyl (C=O) groups is 1. The van der Waals surface area contributed by atoms with E-state index in [-0.39, 0.29) is 12.0 Å². The predicted octanol–water partition coefficient (Wildman–Crippen LogP) is 3.83. The number of benzene rings is 1. The van der Waals surface area contributed by atoms with E-state index in [0.29, 0.717) is 17.2 Å². The van der Waals surface area contributed by atoms with Crippen molar-refractivity contribution in [2.45, 2.75) is 20.0 Å². The van der Waals surface area contributed by atoms with Crippen molar-refractivity contribution in [2.75, 3.05) is 5.32 Å². The lowest BCUT2D eigenvalue weighted by Gasteiger charge is -2.09. The maximum absolute atomic E-state index is 12.5. The van der Waals surface area contributed by atoms with Gasteiger partial charge in [0.2, 0.25) is 0 Å². The van der Waals surface area contributed by atoms with Crippen LogP contribution in [0.1, 0.15) is 24.3 Å². The van der Waals surface area contributed by atoms with Gasteiger partial charge in [0.25, 0.3) is 5.91 Å². The third-order valence-electron chi connectivity index (χ3n) is 3.87. The third-order valence-corrected chi connectivity index (χ3v) is 4.76. The van der Waals surface area contributed by atoms with Gasteiger partial charge in [0.1, 0.15) is 29.1 Å². The fourth-order valence-corrected chi connectivity index (χ4v) is 3.38. The molecule has 29 heavy (non-hydrogen) atoms. The van der Waals surface area contributed by atoms with E-state index in [1.54, 1.807) is 30.0 Å². The highest BCUT2D eigenvalue weighted by Gasteiger charge is 2.13. The Balaban J connectivity index is 1.43. The molecule has 8 nitrogen and oxygen atoms in total. The summed E-state index contributed by atoms with van der Waals surface area (Å²) in [5, 5.41) is 9.32. The molecule has 0 aliphatic heterocycles. The van der Waals surface area contributed by atoms with Crippen molar-refractivity contribution in [1.82, 2.24) is 24.7 Å². The molecule has 0 unspecified atom stereocenters. The van der Waals surface area contributed by atoms with Gasteiger partial charge in [-0.1, -0.05) is 0 Å². The number of nitrogens with one attached hydrogen (secondary N) is 1. The van der Waals surface area contributed by atoms with Crippen LogP contribution in [0.2, 0.25) is 0 Å². The molecule has 9 heteroatoms. The first-order chi connectivity index (χ1) is 14.1. The van der Waals surface area contributed by atoms with E-state index in [2.05, 4.69) is 25.4 Å². The molecular formula is C20H18N6O2S. The van der Waals surface area contributed by atoms with Gasteiger partial charge in [-0.25, -0.2) is 19.6 Å². The molecule has 0 fully saturated rings. The van der Waals surface area contributed by atoms with Gasteiger partial charge < -0.3 is 10.1 Å². The third kappa shape index (κ3) is 4.46. The van der Waals surface area contributed by atoms with Gasteiger partial charge >= 0.3 is 0 Å². The predicted molar refractivity (Wildman–Crippen MR) is 110 cm³/mol. The number of rotatable bonds is 6. The summed E-state index contributed by atoms with van der Waals surface area (Å²) >= 11 is 1.42. The molecule has 0 saturated carbocycles. The number of anilines is 1. The Bertz CT molecular complexity index is 1090. The Labute approximate surface area is 171 Å². The molecule has 0 aliphatic rings. The number of amides is 1. The van der Waals surface area contributed by atoms with Crippen LogP contribution in [0.3, 0.4) is 0 Å². The van der Waals surface area contributed by atoms with Crippen molar-refractivity contribution in [3.05, 3.63) is 66.3 Å². The maximum atomic E-state index is 12.5. The lowest BCUT2D eigenvalue weighted by atomic mass is 10.2. The van der Waals surface area contributed by atoms with Crippen LogP contribution >= 0.6 is 11.3 Å². The van der Waals surface area contributed by atoms with Crippen molar-refractivity contribution in [3.63, 3.8) is 0 Å². The molecule has 1 aromatic carbocycles. The standard InChI is InChI=1S/C20H18N6O2S/c1-13(2)28-16-6-3-14(4-7-16)20-25-17(10-29-20)19(27)24-15-5-8-18(22-9-15)26-12-21-11-23-26/h3-13H,1-2H3,(H,24,27). The van der Waals surface area contributed by atoms with Gasteiger partial charge in [0, 0.05) is 10.9 Å². The summed E-state index contributed by atoms with van der Waals surface area (Å²) in [4.78, 5) is 25.1. The fraction of sp³-hybridized carbons (Fsp3) is 0.150. The summed E-state index contributed by atoms with van der Waals surface area (Å²) < 4.78 is 7.19. The molecule has 1 N–H and O–H groups in total. The van der Waals surface area contributed by atoms with E-state index < -0.39 is 0 Å². The van der Waals surface area contributed by atoms with Crippen molar-refractivity contribution >= 4 is 22.9 Å². The normalized spacial score (nSPS) is 10.9. The second kappa shape index (κ2) is 8.19. The average molecular weight is 406 g/mol. The van der Waals surface area contributed by atoms with Crippen LogP contribution in [0.4, 0.5) is 5.69 Å². The largest absolute Gasteiger partial charge is 0.491 e. The number of carbonyl (C=O) groups excluding carboxylic acids is 1. The van der Waals surface area contributed by atoms with E-state index in [0.717, 1.165) is 16.3 Å². The quantitative estimate of drug-likeness (QED) is 0.523. The van der Waals surface area contributed by atoms with Crippen LogP contribution in [0, 0.1) is 0 Å². The molecule has 0 spiro atoms. The molecular weight excluding hydrogens is 388 g/mol. The van der Waals surface area contributed by atoms with Crippen molar-refractivity contribution < 1.29 is 9.53 Å². The van der Waals surface area contributed by atoms with Gasteiger partial charge in [0.05, 0.1) is 18.0 Å². The molecule has 0 radical (unpaired) electrons. The van der Waals surface area contributed by atoms with Gasteiger partial charge in [-0.05, 0) is 50.2 Å². The van der Waals surface area contributed by atoms with Gasteiger partial charge in [-0.15, -0.1) is 11.3 Å². The molecule has 0 aliphatic carbocycles. The number of hydrogen-bond acceptors (Lipinski definition) is 7. The number of thiazole rings is 1. The second-order valence-electron chi connectivity index (χ2n) is 6.43. The summed E-state index contributed by atoms with van der Waals surface area (Å²) in [6.45, 7) is 3.97. The number of nitrogens with zero attached hydrogens (tertiary/aromatic N) is 5. The zero-order valence-corrected chi connectivity index (χ0v) is 16.6. The molecule has 0 bridgehead atoms. The van der Waals surface area contributed by atoms with Gasteiger partial charge in [-0.3, -0.25) is 4.79 Å². The zero-order valence-electron chi connectivity index (χ0n) is 15.8. The number of ether oxygens (including phenoxy) is 1. The lowest BCUT2D eigenvalue weighted by Crippen LogP contribution is -2.12. The van der Waals surface area contributed by atoms with Crippen LogP contribution in [-0.2, 0) is 0 Å². The monoisotopic (exact) mass is 406 g/mol. The molecule has 4 rings (SSSR count). The Hall–Kier alpha value is -3.59. The summed E-state index contributed by atoms with van der Waals surface area (Å²) in [6, 6.07) is 11.2. The number of pyridine rings is 1. The van der Waals surface area contributed by atoms with Crippen molar-refractivity contribution in [3.8, 4) is 22.1 Å². The molecule has 146 valence electrons. The minimum absolute atomic E-state index is 0.121. The topological polar surface area (TPSA) is 94.8 Å². The lowest BCUT2D eigenvalue weighted by molar-refractivity contribution is 0.102. The first-order valence-corrected chi connectivity index (χ1v) is 9.81. The Kier molecular flexibility index (Phi) is 5.30. The molecule has 1 amide bonds. The summed E-state index contributed by atoms with van der Waals surface area (Å²) in [5.74, 6) is 1.13. The fourth-order valence-electron chi connectivity index (χ4n) is 2.58. The molecule has 3 aromatic heterocycles. The Morgan fingerprint density at radius 1 is 1.17 bits per heavy atom. The Morgan fingerprint density at radius 2 is 2.00 bits per heavy atom. The van der Waals surface area contributed by atoms with E-state index in [9.17, 15) is 4.79 Å². The van der Waals surface area contributed by atoms with Crippen LogP contribution in [-0.4, -0.2) is 36.7 Å². The minimum Gasteiger partial charge on any atom is -0.491 e. The number of aromatic nitrogens is 5. The SMILES string of the molecule is CC(C)Oc1ccc(-c2nc(C(=O)Nc3ccc(-n4cncn4)nc3)cs2)cc1. The van der Waals surface area contributed by atoms with Crippen LogP contribution < -0.4 is 10.1 Å². The maximum Gasteiger partial charge on any atom is 0.275 e. The highest BCUT2D eigenvalue weighted by molar-refractivity contribution is 7.13. The van der Waals surface area contributed by atoms with Crippen LogP contribution in [0.25, 0.3) is 16.4 Å². The summed E-state index contributed by atoms with van der Waals surface area (Å²) in [6.07, 6.45) is 4.67. The average Bonchev–Trinajstić information content (AvgIpc) is 3.41. The summed E-state index contributed by atoms with van der Waals surface area (Å²) in [7, 11) is 0. The zero-order chi connectivity index (χ0) is 20.2. The second-order valence-corrected chi connectivity index (χ2v) is 7.29. The first-order valence-electron chi connectivity index (χ1n) is 8.93. The highest BCUT2D eigenvalue weighted by Crippen LogP contribution is 2.26. The van der Waals surface area contributed by atoms with Crippen molar-refractivity contribution in [2.24, 2.45) is 0 Å². The number of hydrogen-bond donors (Lipinski definition) is 1. The first kappa shape index (κ1) is 18.8. The van der Waals surface area contributed by atoms with Gasteiger partial charge in [-0.2, -0.15) is 5.10 Å². The molecule has 4 aromatic rings. The van der Waals surface area contributed by atoms with E-state index in [4.69, 9.17) is 4.74 Å². The van der Waals surface area contributed by atoms with Crippen molar-refractivity contribution in [1.29, 1.82) is 0 Å². The van der Waals surface area contributed by atoms with E-state index in [1.807, 2.05) is 38.1 Å². The highest BCUT2D eigenvalue weighted by atomic mass is 32.1. The van der Waals surface area contributed by atoms with Gasteiger partial charge in [0.15, 0.2) is 5.82 Å². The smallest absolute Gasteiger partial charge is 0.275 e. The van der Waals surface area contributed by atoms with E-state index in [1.165, 1.54) is 22.3 Å². The Morgan fingerprint density at radius 3 is 2.66 bits per heavy atom. The minimum atomic E-state index is -0.289.